The van der Waals surface area contributed by atoms with E-state index in [-0.39, 0.29) is 12.5 Å². The Bertz CT molecular complexity index is 1260. The van der Waals surface area contributed by atoms with Crippen molar-refractivity contribution >= 4 is 49.9 Å². The molecule has 174 valence electrons. The minimum atomic E-state index is -3.80. The van der Waals surface area contributed by atoms with Crippen molar-refractivity contribution in [1.29, 1.82) is 0 Å². The second-order valence-corrected chi connectivity index (χ2v) is 10.0. The summed E-state index contributed by atoms with van der Waals surface area (Å²) in [4.78, 5) is 27.2. The molecule has 0 aliphatic heterocycles. The topological polar surface area (TPSA) is 86.8 Å². The van der Waals surface area contributed by atoms with Crippen molar-refractivity contribution < 1.29 is 18.0 Å². The van der Waals surface area contributed by atoms with Crippen molar-refractivity contribution in [3.63, 3.8) is 0 Å². The number of carbonyl (C=O) groups excluding carboxylic acids is 2. The molecule has 0 radical (unpaired) electrons. The highest BCUT2D eigenvalue weighted by Crippen LogP contribution is 2.28. The number of carbonyl (C=O) groups is 2. The van der Waals surface area contributed by atoms with Crippen LogP contribution in [-0.2, 0) is 26.2 Å². The van der Waals surface area contributed by atoms with Gasteiger partial charge in [0.1, 0.15) is 12.6 Å². The fourth-order valence-corrected chi connectivity index (χ4v) is 4.59. The first-order valence-corrected chi connectivity index (χ1v) is 12.6. The molecule has 3 rings (SSSR count). The number of nitrogens with one attached hydrogen (secondary N) is 1. The van der Waals surface area contributed by atoms with Gasteiger partial charge < -0.3 is 10.2 Å². The molecule has 9 heteroatoms. The zero-order chi connectivity index (χ0) is 24.2. The van der Waals surface area contributed by atoms with Gasteiger partial charge in [0.25, 0.3) is 0 Å². The molecule has 0 heterocycles. The van der Waals surface area contributed by atoms with Crippen LogP contribution in [0.25, 0.3) is 10.8 Å². The van der Waals surface area contributed by atoms with Gasteiger partial charge in [0.15, 0.2) is 0 Å². The number of amides is 2. The van der Waals surface area contributed by atoms with Gasteiger partial charge in [0.05, 0.1) is 11.9 Å². The molecule has 0 saturated carbocycles. The van der Waals surface area contributed by atoms with Crippen molar-refractivity contribution in [2.75, 3.05) is 24.2 Å². The monoisotopic (exact) mass is 487 g/mol. The summed E-state index contributed by atoms with van der Waals surface area (Å²) in [5.74, 6) is -0.854. The molecule has 0 bridgehead atoms. The van der Waals surface area contributed by atoms with Gasteiger partial charge in [-0.1, -0.05) is 60.1 Å². The van der Waals surface area contributed by atoms with Crippen LogP contribution in [0.4, 0.5) is 5.69 Å². The van der Waals surface area contributed by atoms with Crippen LogP contribution in [0, 0.1) is 0 Å². The van der Waals surface area contributed by atoms with Crippen molar-refractivity contribution in [1.82, 2.24) is 10.2 Å². The lowest BCUT2D eigenvalue weighted by Gasteiger charge is -2.31. The maximum Gasteiger partial charge on any atom is 0.244 e. The highest BCUT2D eigenvalue weighted by molar-refractivity contribution is 7.92. The molecule has 3 aromatic carbocycles. The molecule has 1 atom stereocenters. The van der Waals surface area contributed by atoms with Gasteiger partial charge in [-0.3, -0.25) is 13.9 Å². The number of benzene rings is 3. The van der Waals surface area contributed by atoms with Gasteiger partial charge in [-0.05, 0) is 36.1 Å². The zero-order valence-corrected chi connectivity index (χ0v) is 20.2. The third-order valence-electron chi connectivity index (χ3n) is 5.39. The Hall–Kier alpha value is -3.10. The predicted molar refractivity (Wildman–Crippen MR) is 132 cm³/mol. The van der Waals surface area contributed by atoms with Crippen molar-refractivity contribution in [2.24, 2.45) is 0 Å². The number of likely N-dealkylation sites (N-methyl/N-ethyl adjacent to an activating group) is 1. The lowest BCUT2D eigenvalue weighted by atomic mass is 10.1. The Kier molecular flexibility index (Phi) is 7.61. The fourth-order valence-electron chi connectivity index (χ4n) is 3.60. The third kappa shape index (κ3) is 5.83. The second kappa shape index (κ2) is 10.2. The van der Waals surface area contributed by atoms with Crippen LogP contribution >= 0.6 is 11.6 Å². The Morgan fingerprint density at radius 3 is 2.27 bits per heavy atom. The average Bonchev–Trinajstić information content (AvgIpc) is 2.80. The molecule has 0 aromatic heterocycles. The second-order valence-electron chi connectivity index (χ2n) is 7.71. The van der Waals surface area contributed by atoms with E-state index in [2.05, 4.69) is 5.32 Å². The Balaban J connectivity index is 1.99. The molecule has 0 saturated heterocycles. The molecule has 0 aliphatic carbocycles. The number of fused-ring (bicyclic) bond motifs is 1. The number of hydrogen-bond donors (Lipinski definition) is 1. The highest BCUT2D eigenvalue weighted by atomic mass is 35.5. The van der Waals surface area contributed by atoms with E-state index in [1.807, 2.05) is 30.3 Å². The molecule has 33 heavy (non-hydrogen) atoms. The maximum absolute atomic E-state index is 13.5. The van der Waals surface area contributed by atoms with Gasteiger partial charge in [0, 0.05) is 24.0 Å². The zero-order valence-electron chi connectivity index (χ0n) is 18.7. The van der Waals surface area contributed by atoms with Gasteiger partial charge in [-0.2, -0.15) is 0 Å². The van der Waals surface area contributed by atoms with Crippen LogP contribution < -0.4 is 9.62 Å². The summed E-state index contributed by atoms with van der Waals surface area (Å²) in [5, 5.41) is 4.66. The Morgan fingerprint density at radius 2 is 1.64 bits per heavy atom. The van der Waals surface area contributed by atoms with Gasteiger partial charge in [0.2, 0.25) is 21.8 Å². The van der Waals surface area contributed by atoms with Gasteiger partial charge >= 0.3 is 0 Å². The van der Waals surface area contributed by atoms with E-state index in [0.717, 1.165) is 21.5 Å². The average molecular weight is 488 g/mol. The minimum Gasteiger partial charge on any atom is -0.357 e. The molecule has 2 amide bonds. The largest absolute Gasteiger partial charge is 0.357 e. The van der Waals surface area contributed by atoms with Crippen LogP contribution in [0.5, 0.6) is 0 Å². The molecule has 1 N–H and O–H groups in total. The van der Waals surface area contributed by atoms with Crippen molar-refractivity contribution in [2.45, 2.75) is 19.5 Å². The number of sulfonamides is 1. The van der Waals surface area contributed by atoms with Crippen molar-refractivity contribution in [3.8, 4) is 0 Å². The summed E-state index contributed by atoms with van der Waals surface area (Å²) in [6.45, 7) is 1.29. The summed E-state index contributed by atoms with van der Waals surface area (Å²) < 4.78 is 26.6. The molecule has 0 spiro atoms. The Labute approximate surface area is 199 Å². The van der Waals surface area contributed by atoms with E-state index in [0.29, 0.717) is 16.1 Å². The molecule has 3 aromatic rings. The van der Waals surface area contributed by atoms with Crippen LogP contribution in [0.2, 0.25) is 5.02 Å². The summed E-state index contributed by atoms with van der Waals surface area (Å²) >= 11 is 5.96. The van der Waals surface area contributed by atoms with Gasteiger partial charge in [-0.15, -0.1) is 0 Å². The summed E-state index contributed by atoms with van der Waals surface area (Å²) in [6, 6.07) is 18.8. The first kappa shape index (κ1) is 24.5. The van der Waals surface area contributed by atoms with Crippen LogP contribution in [0.15, 0.2) is 66.7 Å². The highest BCUT2D eigenvalue weighted by Gasteiger charge is 2.30. The summed E-state index contributed by atoms with van der Waals surface area (Å²) in [5.41, 5.74) is 1.17. The molecular formula is C24H26ClN3O4S. The first-order chi connectivity index (χ1) is 15.6. The Morgan fingerprint density at radius 1 is 1.00 bits per heavy atom. The summed E-state index contributed by atoms with van der Waals surface area (Å²) in [7, 11) is -2.31. The van der Waals surface area contributed by atoms with E-state index in [1.54, 1.807) is 43.3 Å². The first-order valence-electron chi connectivity index (χ1n) is 10.3. The number of hydrogen-bond acceptors (Lipinski definition) is 4. The molecule has 0 unspecified atom stereocenters. The lowest BCUT2D eigenvalue weighted by Crippen LogP contribution is -2.50. The molecule has 0 aliphatic rings. The SMILES string of the molecule is CNC(=O)[C@@H](C)N(Cc1ccc(Cl)cc1)C(=O)CN(c1cccc2ccccc12)S(C)(=O)=O. The fraction of sp³-hybridized carbons (Fsp3) is 0.250. The lowest BCUT2D eigenvalue weighted by molar-refractivity contribution is -0.139. The van der Waals surface area contributed by atoms with E-state index in [9.17, 15) is 18.0 Å². The number of rotatable bonds is 8. The third-order valence-corrected chi connectivity index (χ3v) is 6.77. The quantitative estimate of drug-likeness (QED) is 0.527. The van der Waals surface area contributed by atoms with E-state index in [1.165, 1.54) is 11.9 Å². The van der Waals surface area contributed by atoms with E-state index < -0.39 is 28.5 Å². The molecule has 7 nitrogen and oxygen atoms in total. The van der Waals surface area contributed by atoms with Crippen molar-refractivity contribution in [3.05, 3.63) is 77.3 Å². The molecular weight excluding hydrogens is 462 g/mol. The van der Waals surface area contributed by atoms with E-state index >= 15 is 0 Å². The normalized spacial score (nSPS) is 12.2. The van der Waals surface area contributed by atoms with Crippen LogP contribution in [-0.4, -0.2) is 51.0 Å². The van der Waals surface area contributed by atoms with E-state index in [4.69, 9.17) is 11.6 Å². The number of anilines is 1. The van der Waals surface area contributed by atoms with Crippen LogP contribution in [0.1, 0.15) is 12.5 Å². The smallest absolute Gasteiger partial charge is 0.244 e. The summed E-state index contributed by atoms with van der Waals surface area (Å²) in [6.07, 6.45) is 1.06. The van der Waals surface area contributed by atoms with Crippen LogP contribution in [0.3, 0.4) is 0 Å². The standard InChI is InChI=1S/C24H26ClN3O4S/c1-17(24(30)26-2)27(15-18-11-13-20(25)14-12-18)23(29)16-28(33(3,31)32)22-10-6-8-19-7-4-5-9-21(19)22/h4-14,17H,15-16H2,1-3H3,(H,26,30)/t17-/m1/s1. The minimum absolute atomic E-state index is 0.123. The van der Waals surface area contributed by atoms with Gasteiger partial charge in [-0.25, -0.2) is 8.42 Å². The number of halogens is 1. The predicted octanol–water partition coefficient (Wildman–Crippen LogP) is 3.42. The maximum atomic E-state index is 13.5. The molecule has 0 fully saturated rings. The number of nitrogens with zero attached hydrogens (tertiary/aromatic N) is 2.